The highest BCUT2D eigenvalue weighted by Crippen LogP contribution is 2.00. The number of thioether (sulfide) groups is 1. The van der Waals surface area contributed by atoms with E-state index in [1.807, 2.05) is 0 Å². The molecule has 1 heterocycles. The number of aromatic nitrogens is 3. The van der Waals surface area contributed by atoms with Crippen molar-refractivity contribution in [3.8, 4) is 0 Å². The zero-order valence-corrected chi connectivity index (χ0v) is 8.40. The Morgan fingerprint density at radius 2 is 2.43 bits per heavy atom. The lowest BCUT2D eigenvalue weighted by atomic mass is 10.5. The second-order valence-electron chi connectivity index (χ2n) is 2.57. The lowest BCUT2D eigenvalue weighted by Crippen LogP contribution is -2.05. The first-order valence-electron chi connectivity index (χ1n) is 4.15. The van der Waals surface area contributed by atoms with Crippen LogP contribution in [0.4, 0.5) is 0 Å². The highest BCUT2D eigenvalue weighted by molar-refractivity contribution is 7.99. The van der Waals surface area contributed by atoms with E-state index in [0.717, 1.165) is 11.5 Å². The maximum atomic E-state index is 10.5. The van der Waals surface area contributed by atoms with Gasteiger partial charge in [0, 0.05) is 18.1 Å². The van der Waals surface area contributed by atoms with Crippen LogP contribution in [-0.2, 0) is 6.54 Å². The Bertz CT molecular complexity index is 302. The highest BCUT2D eigenvalue weighted by atomic mass is 32.2. The maximum absolute atomic E-state index is 10.5. The van der Waals surface area contributed by atoms with Crippen LogP contribution in [0.3, 0.4) is 0 Å². The van der Waals surface area contributed by atoms with E-state index >= 15 is 0 Å². The normalized spacial score (nSPS) is 10.4. The monoisotopic (exact) mass is 216 g/mol. The molecule has 0 aliphatic rings. The molecule has 3 N–H and O–H groups in total. The van der Waals surface area contributed by atoms with Crippen molar-refractivity contribution in [2.24, 2.45) is 5.73 Å². The molecule has 0 fully saturated rings. The molecule has 0 aliphatic carbocycles. The van der Waals surface area contributed by atoms with E-state index in [1.165, 1.54) is 10.9 Å². The molecule has 0 aromatic carbocycles. The Kier molecular flexibility index (Phi) is 4.41. The van der Waals surface area contributed by atoms with E-state index in [0.29, 0.717) is 13.1 Å². The number of aromatic carboxylic acids is 1. The number of carbonyl (C=O) groups is 1. The van der Waals surface area contributed by atoms with Crippen molar-refractivity contribution in [3.05, 3.63) is 11.9 Å². The molecule has 0 saturated carbocycles. The first-order valence-corrected chi connectivity index (χ1v) is 5.30. The van der Waals surface area contributed by atoms with Crippen molar-refractivity contribution < 1.29 is 9.90 Å². The minimum Gasteiger partial charge on any atom is -0.476 e. The van der Waals surface area contributed by atoms with Crippen LogP contribution in [0.1, 0.15) is 10.5 Å². The van der Waals surface area contributed by atoms with E-state index in [2.05, 4.69) is 10.3 Å². The number of nitrogens with zero attached hydrogens (tertiary/aromatic N) is 3. The molecule has 1 aromatic rings. The first-order chi connectivity index (χ1) is 6.74. The molecule has 0 spiro atoms. The van der Waals surface area contributed by atoms with Crippen molar-refractivity contribution in [3.63, 3.8) is 0 Å². The smallest absolute Gasteiger partial charge is 0.358 e. The largest absolute Gasteiger partial charge is 0.476 e. The van der Waals surface area contributed by atoms with Crippen LogP contribution >= 0.6 is 11.8 Å². The molecule has 6 nitrogen and oxygen atoms in total. The van der Waals surface area contributed by atoms with Gasteiger partial charge in [-0.1, -0.05) is 5.21 Å². The molecule has 0 bridgehead atoms. The van der Waals surface area contributed by atoms with Gasteiger partial charge in [0.05, 0.1) is 12.7 Å². The molecule has 0 atom stereocenters. The summed E-state index contributed by atoms with van der Waals surface area (Å²) < 4.78 is 1.52. The molecular formula is C7H12N4O2S. The molecule has 0 amide bonds. The van der Waals surface area contributed by atoms with Crippen LogP contribution in [0.2, 0.25) is 0 Å². The molecule has 0 aliphatic heterocycles. The Morgan fingerprint density at radius 1 is 1.64 bits per heavy atom. The summed E-state index contributed by atoms with van der Waals surface area (Å²) in [7, 11) is 0. The van der Waals surface area contributed by atoms with Gasteiger partial charge in [-0.2, -0.15) is 11.8 Å². The lowest BCUT2D eigenvalue weighted by molar-refractivity contribution is 0.0690. The molecular weight excluding hydrogens is 204 g/mol. The van der Waals surface area contributed by atoms with Gasteiger partial charge in [0.2, 0.25) is 0 Å². The van der Waals surface area contributed by atoms with Gasteiger partial charge in [-0.25, -0.2) is 4.79 Å². The zero-order chi connectivity index (χ0) is 10.4. The zero-order valence-electron chi connectivity index (χ0n) is 7.59. The summed E-state index contributed by atoms with van der Waals surface area (Å²) in [6, 6.07) is 0. The van der Waals surface area contributed by atoms with Crippen molar-refractivity contribution in [1.29, 1.82) is 0 Å². The SMILES string of the molecule is NCCSCCn1cc(C(=O)O)nn1. The molecule has 7 heteroatoms. The summed E-state index contributed by atoms with van der Waals surface area (Å²) >= 11 is 1.70. The molecule has 0 radical (unpaired) electrons. The Hall–Kier alpha value is -1.08. The summed E-state index contributed by atoms with van der Waals surface area (Å²) in [5, 5.41) is 15.7. The molecule has 0 saturated heterocycles. The van der Waals surface area contributed by atoms with E-state index < -0.39 is 5.97 Å². The number of aryl methyl sites for hydroxylation is 1. The number of carboxylic acid groups (broad SMARTS) is 1. The van der Waals surface area contributed by atoms with Gasteiger partial charge in [-0.3, -0.25) is 4.68 Å². The summed E-state index contributed by atoms with van der Waals surface area (Å²) in [6.45, 7) is 1.31. The van der Waals surface area contributed by atoms with Crippen LogP contribution in [0.25, 0.3) is 0 Å². The van der Waals surface area contributed by atoms with E-state index in [1.54, 1.807) is 11.8 Å². The van der Waals surface area contributed by atoms with E-state index in [9.17, 15) is 4.79 Å². The van der Waals surface area contributed by atoms with Gasteiger partial charge in [0.15, 0.2) is 5.69 Å². The first kappa shape index (κ1) is 11.0. The third-order valence-electron chi connectivity index (χ3n) is 1.48. The average Bonchev–Trinajstić information content (AvgIpc) is 2.61. The van der Waals surface area contributed by atoms with Crippen LogP contribution < -0.4 is 5.73 Å². The number of rotatable bonds is 6. The Morgan fingerprint density at radius 3 is 3.00 bits per heavy atom. The Labute approximate surface area is 85.5 Å². The van der Waals surface area contributed by atoms with Crippen LogP contribution in [0, 0.1) is 0 Å². The van der Waals surface area contributed by atoms with Gasteiger partial charge < -0.3 is 10.8 Å². The summed E-state index contributed by atoms with van der Waals surface area (Å²) in [5.74, 6) is 0.714. The van der Waals surface area contributed by atoms with Crippen molar-refractivity contribution in [1.82, 2.24) is 15.0 Å². The van der Waals surface area contributed by atoms with Gasteiger partial charge in [-0.15, -0.1) is 5.10 Å². The molecule has 0 unspecified atom stereocenters. The lowest BCUT2D eigenvalue weighted by Gasteiger charge is -1.98. The fourth-order valence-corrected chi connectivity index (χ4v) is 1.54. The molecule has 1 aromatic heterocycles. The third kappa shape index (κ3) is 3.35. The fraction of sp³-hybridized carbons (Fsp3) is 0.571. The minimum absolute atomic E-state index is 0.0196. The third-order valence-corrected chi connectivity index (χ3v) is 2.48. The fourth-order valence-electron chi connectivity index (χ4n) is 0.849. The summed E-state index contributed by atoms with van der Waals surface area (Å²) in [4.78, 5) is 10.5. The van der Waals surface area contributed by atoms with Gasteiger partial charge in [0.25, 0.3) is 0 Å². The molecule has 78 valence electrons. The number of hydrogen-bond donors (Lipinski definition) is 2. The standard InChI is InChI=1S/C7H12N4O2S/c8-1-3-14-4-2-11-5-6(7(12)13)9-10-11/h5H,1-4,8H2,(H,12,13). The maximum Gasteiger partial charge on any atom is 0.358 e. The number of hydrogen-bond acceptors (Lipinski definition) is 5. The predicted octanol–water partition coefficient (Wildman–Crippen LogP) is -0.332. The predicted molar refractivity (Wildman–Crippen MR) is 53.4 cm³/mol. The van der Waals surface area contributed by atoms with Gasteiger partial charge in [0.1, 0.15) is 0 Å². The van der Waals surface area contributed by atoms with Crippen molar-refractivity contribution in [2.75, 3.05) is 18.1 Å². The average molecular weight is 216 g/mol. The minimum atomic E-state index is -1.05. The summed E-state index contributed by atoms with van der Waals surface area (Å²) in [5.41, 5.74) is 5.30. The van der Waals surface area contributed by atoms with Gasteiger partial charge in [-0.05, 0) is 0 Å². The van der Waals surface area contributed by atoms with Gasteiger partial charge >= 0.3 is 5.97 Å². The van der Waals surface area contributed by atoms with Crippen molar-refractivity contribution in [2.45, 2.75) is 6.54 Å². The molecule has 14 heavy (non-hydrogen) atoms. The van der Waals surface area contributed by atoms with E-state index in [-0.39, 0.29) is 5.69 Å². The second kappa shape index (κ2) is 5.61. The van der Waals surface area contributed by atoms with E-state index in [4.69, 9.17) is 10.8 Å². The topological polar surface area (TPSA) is 94.0 Å². The quantitative estimate of drug-likeness (QED) is 0.632. The highest BCUT2D eigenvalue weighted by Gasteiger charge is 2.07. The second-order valence-corrected chi connectivity index (χ2v) is 3.80. The van der Waals surface area contributed by atoms with Crippen LogP contribution in [0.15, 0.2) is 6.20 Å². The van der Waals surface area contributed by atoms with Crippen LogP contribution in [0.5, 0.6) is 0 Å². The molecule has 1 rings (SSSR count). The summed E-state index contributed by atoms with van der Waals surface area (Å²) in [6.07, 6.45) is 1.42. The van der Waals surface area contributed by atoms with Crippen LogP contribution in [-0.4, -0.2) is 44.1 Å². The Balaban J connectivity index is 2.33. The number of carboxylic acids is 1. The number of nitrogens with two attached hydrogens (primary N) is 1. The van der Waals surface area contributed by atoms with Crippen molar-refractivity contribution >= 4 is 17.7 Å².